The number of halogens is 3. The Morgan fingerprint density at radius 3 is 2.42 bits per heavy atom. The first-order valence-corrected chi connectivity index (χ1v) is 14.8. The molecule has 1 unspecified atom stereocenters. The first-order valence-electron chi connectivity index (χ1n) is 13.1. The molecular weight excluding hydrogens is 515 g/mol. The van der Waals surface area contributed by atoms with E-state index in [4.69, 9.17) is 0 Å². The highest BCUT2D eigenvalue weighted by atomic mass is 32.2. The van der Waals surface area contributed by atoms with Gasteiger partial charge in [-0.3, -0.25) is 4.79 Å². The SMILES string of the molecule is CC(C)N(C)[C@@H]1CC[C@H](N2CCC(Nc3cccc(C(F)(F)F)c3)C2=O)[C@@H](CS(=O)(=O)c2ccccc2)C1. The zero-order valence-electron chi connectivity index (χ0n) is 22.0. The number of anilines is 1. The molecule has 6 nitrogen and oxygen atoms in total. The van der Waals surface area contributed by atoms with Crippen LogP contribution >= 0.6 is 0 Å². The Labute approximate surface area is 223 Å². The zero-order valence-corrected chi connectivity index (χ0v) is 22.8. The van der Waals surface area contributed by atoms with Crippen molar-refractivity contribution in [3.05, 3.63) is 60.2 Å². The lowest BCUT2D eigenvalue weighted by Crippen LogP contribution is -2.52. The van der Waals surface area contributed by atoms with E-state index in [2.05, 4.69) is 31.1 Å². The van der Waals surface area contributed by atoms with Gasteiger partial charge in [0.25, 0.3) is 0 Å². The van der Waals surface area contributed by atoms with Crippen LogP contribution in [0.3, 0.4) is 0 Å². The number of carbonyl (C=O) groups is 1. The number of benzene rings is 2. The van der Waals surface area contributed by atoms with Gasteiger partial charge in [0.05, 0.1) is 16.2 Å². The van der Waals surface area contributed by atoms with Crippen molar-refractivity contribution in [3.8, 4) is 0 Å². The smallest absolute Gasteiger partial charge is 0.374 e. The number of hydrogen-bond donors (Lipinski definition) is 1. The standard InChI is InChI=1S/C28H36F3N3O3S/c1-19(2)33(3)23-12-13-26(20(16-23)18-38(36,37)24-10-5-4-6-11-24)34-15-14-25(27(34)35)32-22-9-7-8-21(17-22)28(29,30)31/h4-11,17,19-20,23,25-26,32H,12-16,18H2,1-3H3/t20-,23-,25?,26+/m1/s1. The zero-order chi connectivity index (χ0) is 27.7. The van der Waals surface area contributed by atoms with Crippen LogP contribution in [-0.2, 0) is 20.8 Å². The molecule has 4 atom stereocenters. The molecule has 10 heteroatoms. The van der Waals surface area contributed by atoms with Crippen LogP contribution < -0.4 is 5.32 Å². The first-order chi connectivity index (χ1) is 17.9. The lowest BCUT2D eigenvalue weighted by molar-refractivity contribution is -0.137. The molecule has 1 saturated heterocycles. The van der Waals surface area contributed by atoms with E-state index >= 15 is 0 Å². The van der Waals surface area contributed by atoms with Crippen LogP contribution in [0.4, 0.5) is 18.9 Å². The molecular formula is C28H36F3N3O3S. The largest absolute Gasteiger partial charge is 0.416 e. The van der Waals surface area contributed by atoms with Gasteiger partial charge in [-0.25, -0.2) is 8.42 Å². The fraction of sp³-hybridized carbons (Fsp3) is 0.536. The second kappa shape index (κ2) is 11.3. The average molecular weight is 552 g/mol. The molecule has 4 rings (SSSR count). The van der Waals surface area contributed by atoms with E-state index in [1.54, 1.807) is 35.2 Å². The van der Waals surface area contributed by atoms with Crippen molar-refractivity contribution >= 4 is 21.4 Å². The summed E-state index contributed by atoms with van der Waals surface area (Å²) in [6.45, 7) is 4.65. The number of nitrogens with one attached hydrogen (secondary N) is 1. The number of likely N-dealkylation sites (tertiary alicyclic amines) is 1. The predicted octanol–water partition coefficient (Wildman–Crippen LogP) is 5.07. The van der Waals surface area contributed by atoms with E-state index in [-0.39, 0.29) is 40.2 Å². The van der Waals surface area contributed by atoms with E-state index < -0.39 is 27.6 Å². The third-order valence-electron chi connectivity index (χ3n) is 8.01. The third-order valence-corrected chi connectivity index (χ3v) is 9.87. The number of carbonyl (C=O) groups excluding carboxylic acids is 1. The number of nitrogens with zero attached hydrogens (tertiary/aromatic N) is 2. The summed E-state index contributed by atoms with van der Waals surface area (Å²) in [5.74, 6) is -0.499. The predicted molar refractivity (Wildman–Crippen MR) is 141 cm³/mol. The minimum Gasteiger partial charge on any atom is -0.374 e. The molecule has 0 aromatic heterocycles. The van der Waals surface area contributed by atoms with Gasteiger partial charge < -0.3 is 15.1 Å². The molecule has 1 N–H and O–H groups in total. The first kappa shape index (κ1) is 28.4. The maximum Gasteiger partial charge on any atom is 0.416 e. The summed E-state index contributed by atoms with van der Waals surface area (Å²) in [4.78, 5) is 17.8. The summed E-state index contributed by atoms with van der Waals surface area (Å²) < 4.78 is 66.1. The van der Waals surface area contributed by atoms with E-state index in [0.29, 0.717) is 31.8 Å². The average Bonchev–Trinajstić information content (AvgIpc) is 3.23. The fourth-order valence-electron chi connectivity index (χ4n) is 5.76. The minimum absolute atomic E-state index is 0.0559. The quantitative estimate of drug-likeness (QED) is 0.496. The van der Waals surface area contributed by atoms with Gasteiger partial charge in [-0.1, -0.05) is 24.3 Å². The van der Waals surface area contributed by atoms with Gasteiger partial charge >= 0.3 is 6.18 Å². The number of amides is 1. The van der Waals surface area contributed by atoms with Gasteiger partial charge in [-0.05, 0) is 82.8 Å². The van der Waals surface area contributed by atoms with Crippen molar-refractivity contribution in [1.29, 1.82) is 0 Å². The fourth-order valence-corrected chi connectivity index (χ4v) is 7.45. The molecule has 1 amide bonds. The monoisotopic (exact) mass is 551 g/mol. The maximum absolute atomic E-state index is 13.5. The molecule has 0 radical (unpaired) electrons. The van der Waals surface area contributed by atoms with Crippen LogP contribution in [0.25, 0.3) is 0 Å². The lowest BCUT2D eigenvalue weighted by Gasteiger charge is -2.44. The van der Waals surface area contributed by atoms with Gasteiger partial charge in [0.15, 0.2) is 9.84 Å². The minimum atomic E-state index is -4.47. The van der Waals surface area contributed by atoms with Crippen molar-refractivity contribution in [2.24, 2.45) is 5.92 Å². The summed E-state index contributed by atoms with van der Waals surface area (Å²) in [7, 11) is -1.52. The Morgan fingerprint density at radius 2 is 1.76 bits per heavy atom. The Hall–Kier alpha value is -2.59. The second-order valence-electron chi connectivity index (χ2n) is 10.7. The van der Waals surface area contributed by atoms with Gasteiger partial charge in [0, 0.05) is 30.4 Å². The van der Waals surface area contributed by atoms with Gasteiger partial charge in [-0.15, -0.1) is 0 Å². The van der Waals surface area contributed by atoms with Crippen molar-refractivity contribution in [1.82, 2.24) is 9.80 Å². The highest BCUT2D eigenvalue weighted by Gasteiger charge is 2.44. The van der Waals surface area contributed by atoms with Gasteiger partial charge in [-0.2, -0.15) is 13.2 Å². The molecule has 1 saturated carbocycles. The highest BCUT2D eigenvalue weighted by Crippen LogP contribution is 2.36. The van der Waals surface area contributed by atoms with E-state index in [1.807, 2.05) is 0 Å². The molecule has 208 valence electrons. The third kappa shape index (κ3) is 6.34. The summed E-state index contributed by atoms with van der Waals surface area (Å²) in [5, 5.41) is 2.99. The number of sulfone groups is 1. The molecule has 38 heavy (non-hydrogen) atoms. The maximum atomic E-state index is 13.5. The van der Waals surface area contributed by atoms with Gasteiger partial charge in [0.2, 0.25) is 5.91 Å². The number of hydrogen-bond acceptors (Lipinski definition) is 5. The number of alkyl halides is 3. The molecule has 2 aromatic rings. The molecule has 1 aliphatic carbocycles. The molecule has 2 fully saturated rings. The molecule has 2 aromatic carbocycles. The van der Waals surface area contributed by atoms with Crippen LogP contribution in [0, 0.1) is 5.92 Å². The second-order valence-corrected chi connectivity index (χ2v) is 12.8. The van der Waals surface area contributed by atoms with Crippen LogP contribution in [0.5, 0.6) is 0 Å². The van der Waals surface area contributed by atoms with Crippen LogP contribution in [-0.4, -0.2) is 67.6 Å². The molecule has 1 heterocycles. The topological polar surface area (TPSA) is 69.7 Å². The summed E-state index contributed by atoms with van der Waals surface area (Å²) >= 11 is 0. The normalized spacial score (nSPS) is 24.8. The Kier molecular flexibility index (Phi) is 8.42. The molecule has 2 aliphatic rings. The van der Waals surface area contributed by atoms with Crippen LogP contribution in [0.1, 0.15) is 45.1 Å². The summed E-state index contributed by atoms with van der Waals surface area (Å²) in [6, 6.07) is 12.8. The van der Waals surface area contributed by atoms with Crippen LogP contribution in [0.2, 0.25) is 0 Å². The van der Waals surface area contributed by atoms with Crippen LogP contribution in [0.15, 0.2) is 59.5 Å². The Morgan fingerprint density at radius 1 is 1.05 bits per heavy atom. The van der Waals surface area contributed by atoms with E-state index in [1.165, 1.54) is 12.1 Å². The van der Waals surface area contributed by atoms with E-state index in [0.717, 1.165) is 18.6 Å². The van der Waals surface area contributed by atoms with Gasteiger partial charge in [0.1, 0.15) is 6.04 Å². The lowest BCUT2D eigenvalue weighted by atomic mass is 9.81. The Bertz CT molecular complexity index is 1220. The summed E-state index contributed by atoms with van der Waals surface area (Å²) in [5.41, 5.74) is -0.533. The molecule has 0 bridgehead atoms. The summed E-state index contributed by atoms with van der Waals surface area (Å²) in [6.07, 6.45) is -1.85. The van der Waals surface area contributed by atoms with Crippen molar-refractivity contribution in [2.45, 2.75) is 74.8 Å². The Balaban J connectivity index is 1.53. The van der Waals surface area contributed by atoms with Crippen molar-refractivity contribution < 1.29 is 26.4 Å². The molecule has 0 spiro atoms. The molecule has 1 aliphatic heterocycles. The number of rotatable bonds is 8. The van der Waals surface area contributed by atoms with E-state index in [9.17, 15) is 26.4 Å². The highest BCUT2D eigenvalue weighted by molar-refractivity contribution is 7.91. The van der Waals surface area contributed by atoms with Crippen molar-refractivity contribution in [2.75, 3.05) is 24.7 Å². The van der Waals surface area contributed by atoms with Crippen molar-refractivity contribution in [3.63, 3.8) is 0 Å².